The molecule has 0 saturated heterocycles. The SMILES string of the molecule is C[C@@](CCO)(NC(=S)NC(=O)c1ccccc1)c1cc(Br)cs1. The minimum Gasteiger partial charge on any atom is -0.396 e. The number of carbonyl (C=O) groups excluding carboxylic acids is 1. The van der Waals surface area contributed by atoms with E-state index in [1.807, 2.05) is 24.4 Å². The van der Waals surface area contributed by atoms with E-state index in [9.17, 15) is 9.90 Å². The van der Waals surface area contributed by atoms with E-state index in [0.29, 0.717) is 12.0 Å². The Balaban J connectivity index is 2.08. The molecule has 0 bridgehead atoms. The molecule has 2 aromatic rings. The summed E-state index contributed by atoms with van der Waals surface area (Å²) >= 11 is 10.3. The molecule has 1 aromatic heterocycles. The molecule has 0 aliphatic carbocycles. The van der Waals surface area contributed by atoms with E-state index >= 15 is 0 Å². The van der Waals surface area contributed by atoms with Gasteiger partial charge in [-0.3, -0.25) is 10.1 Å². The Morgan fingerprint density at radius 2 is 2.09 bits per heavy atom. The van der Waals surface area contributed by atoms with Crippen LogP contribution in [0.3, 0.4) is 0 Å². The molecule has 1 atom stereocenters. The number of carbonyl (C=O) groups is 1. The highest BCUT2D eigenvalue weighted by Crippen LogP contribution is 2.32. The van der Waals surface area contributed by atoms with Crippen molar-refractivity contribution < 1.29 is 9.90 Å². The Hall–Kier alpha value is -1.28. The van der Waals surface area contributed by atoms with E-state index in [4.69, 9.17) is 12.2 Å². The topological polar surface area (TPSA) is 61.4 Å². The lowest BCUT2D eigenvalue weighted by atomic mass is 9.96. The zero-order chi connectivity index (χ0) is 16.9. The van der Waals surface area contributed by atoms with Crippen LogP contribution < -0.4 is 10.6 Å². The minimum absolute atomic E-state index is 0.00820. The molecule has 0 unspecified atom stereocenters. The number of rotatable bonds is 5. The molecule has 122 valence electrons. The molecule has 3 N–H and O–H groups in total. The molecule has 7 heteroatoms. The van der Waals surface area contributed by atoms with Crippen LogP contribution in [-0.2, 0) is 5.54 Å². The van der Waals surface area contributed by atoms with E-state index in [0.717, 1.165) is 9.35 Å². The van der Waals surface area contributed by atoms with E-state index < -0.39 is 5.54 Å². The van der Waals surface area contributed by atoms with Crippen molar-refractivity contribution in [3.05, 3.63) is 56.7 Å². The zero-order valence-electron chi connectivity index (χ0n) is 12.5. The highest BCUT2D eigenvalue weighted by Gasteiger charge is 2.29. The summed E-state index contributed by atoms with van der Waals surface area (Å²) in [5.41, 5.74) is -0.00803. The van der Waals surface area contributed by atoms with Crippen molar-refractivity contribution in [1.82, 2.24) is 10.6 Å². The summed E-state index contributed by atoms with van der Waals surface area (Å²) in [6, 6.07) is 10.9. The Kier molecular flexibility index (Phi) is 6.29. The van der Waals surface area contributed by atoms with E-state index in [-0.39, 0.29) is 17.6 Å². The van der Waals surface area contributed by atoms with Crippen LogP contribution in [0.25, 0.3) is 0 Å². The molecule has 0 aliphatic heterocycles. The Morgan fingerprint density at radius 3 is 2.65 bits per heavy atom. The fourth-order valence-electron chi connectivity index (χ4n) is 2.12. The van der Waals surface area contributed by atoms with Crippen molar-refractivity contribution in [1.29, 1.82) is 0 Å². The molecule has 0 spiro atoms. The number of thiocarbonyl (C=S) groups is 1. The summed E-state index contributed by atoms with van der Waals surface area (Å²) in [4.78, 5) is 13.2. The number of hydrogen-bond donors (Lipinski definition) is 3. The summed E-state index contributed by atoms with van der Waals surface area (Å²) in [6.45, 7) is 1.96. The molecule has 0 radical (unpaired) electrons. The summed E-state index contributed by atoms with van der Waals surface area (Å²) in [5, 5.41) is 17.4. The predicted molar refractivity (Wildman–Crippen MR) is 101 cm³/mol. The number of hydrogen-bond acceptors (Lipinski definition) is 4. The third kappa shape index (κ3) is 4.84. The number of nitrogens with one attached hydrogen (secondary N) is 2. The van der Waals surface area contributed by atoms with Crippen LogP contribution in [0.5, 0.6) is 0 Å². The van der Waals surface area contributed by atoms with E-state index in [1.165, 1.54) is 0 Å². The summed E-state index contributed by atoms with van der Waals surface area (Å²) in [5.74, 6) is -0.262. The van der Waals surface area contributed by atoms with Gasteiger partial charge in [-0.2, -0.15) is 0 Å². The van der Waals surface area contributed by atoms with Crippen LogP contribution in [0, 0.1) is 0 Å². The molecule has 23 heavy (non-hydrogen) atoms. The first-order valence-corrected chi connectivity index (χ1v) is 9.06. The molecular formula is C16H17BrN2O2S2. The van der Waals surface area contributed by atoms with Gasteiger partial charge >= 0.3 is 0 Å². The highest BCUT2D eigenvalue weighted by molar-refractivity contribution is 9.10. The molecular weight excluding hydrogens is 396 g/mol. The quantitative estimate of drug-likeness (QED) is 0.658. The first-order valence-electron chi connectivity index (χ1n) is 6.98. The van der Waals surface area contributed by atoms with Crippen LogP contribution in [0.1, 0.15) is 28.6 Å². The predicted octanol–water partition coefficient (Wildman–Crippen LogP) is 3.41. The lowest BCUT2D eigenvalue weighted by molar-refractivity contribution is 0.0976. The second-order valence-electron chi connectivity index (χ2n) is 5.21. The molecule has 0 aliphatic rings. The summed E-state index contributed by atoms with van der Waals surface area (Å²) in [7, 11) is 0. The third-order valence-electron chi connectivity index (χ3n) is 3.38. The van der Waals surface area contributed by atoms with Crippen molar-refractivity contribution in [2.45, 2.75) is 18.9 Å². The van der Waals surface area contributed by atoms with Gasteiger partial charge in [0.15, 0.2) is 5.11 Å². The number of benzene rings is 1. The summed E-state index contributed by atoms with van der Waals surface area (Å²) in [6.07, 6.45) is 0.474. The Labute approximate surface area is 153 Å². The molecule has 1 aromatic carbocycles. The maximum Gasteiger partial charge on any atom is 0.257 e. The van der Waals surface area contributed by atoms with Crippen LogP contribution in [0.15, 0.2) is 46.3 Å². The van der Waals surface area contributed by atoms with Gasteiger partial charge in [0.1, 0.15) is 0 Å². The van der Waals surface area contributed by atoms with Crippen molar-refractivity contribution in [2.24, 2.45) is 0 Å². The van der Waals surface area contributed by atoms with Crippen molar-refractivity contribution >= 4 is 50.5 Å². The molecule has 1 heterocycles. The van der Waals surface area contributed by atoms with Crippen molar-refractivity contribution in [2.75, 3.05) is 6.61 Å². The molecule has 2 rings (SSSR count). The molecule has 0 fully saturated rings. The fourth-order valence-corrected chi connectivity index (χ4v) is 4.01. The van der Waals surface area contributed by atoms with Gasteiger partial charge < -0.3 is 10.4 Å². The lowest BCUT2D eigenvalue weighted by Crippen LogP contribution is -2.49. The lowest BCUT2D eigenvalue weighted by Gasteiger charge is -2.30. The third-order valence-corrected chi connectivity index (χ3v) is 5.53. The van der Waals surface area contributed by atoms with Crippen LogP contribution in [0.2, 0.25) is 0 Å². The summed E-state index contributed by atoms with van der Waals surface area (Å²) < 4.78 is 0.975. The average Bonchev–Trinajstić information content (AvgIpc) is 2.95. The van der Waals surface area contributed by atoms with Crippen LogP contribution >= 0.6 is 39.5 Å². The van der Waals surface area contributed by atoms with Gasteiger partial charge in [-0.25, -0.2) is 0 Å². The van der Waals surface area contributed by atoms with Gasteiger partial charge in [0.05, 0.1) is 5.54 Å². The molecule has 1 amide bonds. The average molecular weight is 413 g/mol. The maximum absolute atomic E-state index is 12.1. The largest absolute Gasteiger partial charge is 0.396 e. The fraction of sp³-hybridized carbons (Fsp3) is 0.250. The van der Waals surface area contributed by atoms with Gasteiger partial charge in [0.2, 0.25) is 0 Å². The number of thiophene rings is 1. The normalized spacial score (nSPS) is 13.2. The van der Waals surface area contributed by atoms with E-state index in [2.05, 4.69) is 26.6 Å². The first kappa shape index (κ1) is 18.1. The van der Waals surface area contributed by atoms with Gasteiger partial charge in [0, 0.05) is 26.9 Å². The second kappa shape index (κ2) is 8.01. The monoisotopic (exact) mass is 412 g/mol. The highest BCUT2D eigenvalue weighted by atomic mass is 79.9. The zero-order valence-corrected chi connectivity index (χ0v) is 15.7. The van der Waals surface area contributed by atoms with Gasteiger partial charge in [0.25, 0.3) is 5.91 Å². The standard InChI is InChI=1S/C16H17BrN2O2S2/c1-16(7-8-20,13-9-12(17)10-23-13)19-15(22)18-14(21)11-5-3-2-4-6-11/h2-6,9-10,20H,7-8H2,1H3,(H2,18,19,21,22)/t16-/m0/s1. The van der Waals surface area contributed by atoms with Gasteiger partial charge in [-0.05, 0) is 59.7 Å². The molecule has 0 saturated carbocycles. The van der Waals surface area contributed by atoms with E-state index in [1.54, 1.807) is 35.6 Å². The van der Waals surface area contributed by atoms with Crippen LogP contribution in [-0.4, -0.2) is 22.7 Å². The number of amides is 1. The smallest absolute Gasteiger partial charge is 0.257 e. The van der Waals surface area contributed by atoms with Crippen molar-refractivity contribution in [3.63, 3.8) is 0 Å². The van der Waals surface area contributed by atoms with Gasteiger partial charge in [-0.1, -0.05) is 18.2 Å². The Bertz CT molecular complexity index is 690. The number of halogens is 1. The van der Waals surface area contributed by atoms with Crippen LogP contribution in [0.4, 0.5) is 0 Å². The number of aliphatic hydroxyl groups is 1. The second-order valence-corrected chi connectivity index (χ2v) is 7.44. The van der Waals surface area contributed by atoms with Gasteiger partial charge in [-0.15, -0.1) is 11.3 Å². The number of aliphatic hydroxyl groups excluding tert-OH is 1. The molecule has 4 nitrogen and oxygen atoms in total. The van der Waals surface area contributed by atoms with Crippen molar-refractivity contribution in [3.8, 4) is 0 Å². The first-order chi connectivity index (χ1) is 10.9. The minimum atomic E-state index is -0.549. The maximum atomic E-state index is 12.1. The Morgan fingerprint density at radius 1 is 1.39 bits per heavy atom.